The molecule has 2 aromatic heterocycles. The van der Waals surface area contributed by atoms with Gasteiger partial charge >= 0.3 is 0 Å². The van der Waals surface area contributed by atoms with Crippen molar-refractivity contribution in [1.29, 1.82) is 0 Å². The lowest BCUT2D eigenvalue weighted by Gasteiger charge is -2.17. The molecule has 2 heterocycles. The highest BCUT2D eigenvalue weighted by Crippen LogP contribution is 2.44. The van der Waals surface area contributed by atoms with Crippen molar-refractivity contribution >= 4 is 54.5 Å². The number of benzene rings is 6. The molecule has 0 N–H and O–H groups in total. The zero-order chi connectivity index (χ0) is 23.6. The first kappa shape index (κ1) is 19.5. The highest BCUT2D eigenvalue weighted by molar-refractivity contribution is 6.22. The van der Waals surface area contributed by atoms with E-state index in [9.17, 15) is 0 Å². The van der Waals surface area contributed by atoms with Gasteiger partial charge in [0.2, 0.25) is 0 Å². The van der Waals surface area contributed by atoms with Crippen LogP contribution in [0.25, 0.3) is 76.7 Å². The van der Waals surface area contributed by atoms with Crippen LogP contribution in [0.2, 0.25) is 0 Å². The van der Waals surface area contributed by atoms with Crippen molar-refractivity contribution in [2.45, 2.75) is 0 Å². The minimum absolute atomic E-state index is 0.843. The summed E-state index contributed by atoms with van der Waals surface area (Å²) in [5, 5.41) is 8.30. The molecular weight excluding hydrogens is 440 g/mol. The summed E-state index contributed by atoms with van der Waals surface area (Å²) in [7, 11) is 0. The van der Waals surface area contributed by atoms with E-state index in [2.05, 4.69) is 103 Å². The molecule has 0 saturated heterocycles. The van der Waals surface area contributed by atoms with Crippen LogP contribution in [0, 0.1) is 0 Å². The van der Waals surface area contributed by atoms with Crippen molar-refractivity contribution in [2.75, 3.05) is 0 Å². The fourth-order valence-electron chi connectivity index (χ4n) is 5.74. The highest BCUT2D eigenvalue weighted by Gasteiger charge is 2.17. The van der Waals surface area contributed by atoms with Gasteiger partial charge in [-0.15, -0.1) is 0 Å². The molecule has 2 nitrogen and oxygen atoms in total. The van der Waals surface area contributed by atoms with Crippen LogP contribution in [0.15, 0.2) is 130 Å². The molecular formula is C34H20O2. The summed E-state index contributed by atoms with van der Waals surface area (Å²) >= 11 is 0. The van der Waals surface area contributed by atoms with Gasteiger partial charge in [0.05, 0.1) is 6.26 Å². The van der Waals surface area contributed by atoms with Crippen LogP contribution in [-0.4, -0.2) is 0 Å². The molecule has 0 aliphatic carbocycles. The van der Waals surface area contributed by atoms with Gasteiger partial charge in [-0.25, -0.2) is 0 Å². The Morgan fingerprint density at radius 3 is 1.69 bits per heavy atom. The quantitative estimate of drug-likeness (QED) is 0.240. The van der Waals surface area contributed by atoms with Gasteiger partial charge in [-0.1, -0.05) is 84.9 Å². The van der Waals surface area contributed by atoms with E-state index in [4.69, 9.17) is 8.83 Å². The van der Waals surface area contributed by atoms with E-state index < -0.39 is 0 Å². The number of hydrogen-bond donors (Lipinski definition) is 0. The molecule has 2 heteroatoms. The maximum Gasteiger partial charge on any atom is 0.139 e. The van der Waals surface area contributed by atoms with Gasteiger partial charge < -0.3 is 8.83 Å². The molecule has 0 bridgehead atoms. The van der Waals surface area contributed by atoms with Gasteiger partial charge in [-0.3, -0.25) is 0 Å². The van der Waals surface area contributed by atoms with Crippen molar-refractivity contribution < 1.29 is 8.83 Å². The molecule has 168 valence electrons. The fraction of sp³-hybridized carbons (Fsp3) is 0. The average molecular weight is 461 g/mol. The smallest absolute Gasteiger partial charge is 0.139 e. The molecule has 0 saturated carbocycles. The van der Waals surface area contributed by atoms with E-state index in [0.29, 0.717) is 0 Å². The first-order valence-corrected chi connectivity index (χ1v) is 12.2. The maximum atomic E-state index is 6.35. The summed E-state index contributed by atoms with van der Waals surface area (Å²) in [5.41, 5.74) is 7.46. The fourth-order valence-corrected chi connectivity index (χ4v) is 5.74. The molecule has 0 spiro atoms. The van der Waals surface area contributed by atoms with Crippen molar-refractivity contribution in [1.82, 2.24) is 0 Å². The van der Waals surface area contributed by atoms with E-state index in [1.165, 1.54) is 38.2 Å². The minimum atomic E-state index is 0.843. The molecule has 36 heavy (non-hydrogen) atoms. The normalized spacial score (nSPS) is 11.9. The van der Waals surface area contributed by atoms with E-state index in [0.717, 1.165) is 38.5 Å². The Hall–Kier alpha value is -4.82. The molecule has 8 rings (SSSR count). The number of fused-ring (bicyclic) bond motifs is 6. The third-order valence-corrected chi connectivity index (χ3v) is 7.33. The molecule has 0 radical (unpaired) electrons. The van der Waals surface area contributed by atoms with Crippen LogP contribution in [0.3, 0.4) is 0 Å². The van der Waals surface area contributed by atoms with Gasteiger partial charge in [0.1, 0.15) is 16.7 Å². The maximum absolute atomic E-state index is 6.35. The monoisotopic (exact) mass is 460 g/mol. The van der Waals surface area contributed by atoms with Gasteiger partial charge in [-0.05, 0) is 68.1 Å². The van der Waals surface area contributed by atoms with E-state index in [1.807, 2.05) is 12.1 Å². The van der Waals surface area contributed by atoms with E-state index in [-0.39, 0.29) is 0 Å². The molecule has 0 amide bonds. The number of rotatable bonds is 2. The van der Waals surface area contributed by atoms with Gasteiger partial charge in [0.15, 0.2) is 0 Å². The molecule has 0 atom stereocenters. The van der Waals surface area contributed by atoms with Crippen LogP contribution in [0.4, 0.5) is 0 Å². The Morgan fingerprint density at radius 2 is 1.00 bits per heavy atom. The predicted octanol–water partition coefficient (Wildman–Crippen LogP) is 9.97. The van der Waals surface area contributed by atoms with Crippen molar-refractivity contribution in [3.63, 3.8) is 0 Å². The van der Waals surface area contributed by atoms with Crippen LogP contribution < -0.4 is 0 Å². The molecule has 0 unspecified atom stereocenters. The Balaban J connectivity index is 1.46. The van der Waals surface area contributed by atoms with Crippen molar-refractivity contribution in [2.24, 2.45) is 0 Å². The lowest BCUT2D eigenvalue weighted by molar-refractivity contribution is 0.613. The molecule has 0 fully saturated rings. The Morgan fingerprint density at radius 1 is 0.389 bits per heavy atom. The Kier molecular flexibility index (Phi) is 3.97. The molecule has 8 aromatic rings. The minimum Gasteiger partial charge on any atom is -0.464 e. The average Bonchev–Trinajstić information content (AvgIpc) is 3.53. The second-order valence-corrected chi connectivity index (χ2v) is 9.33. The lowest BCUT2D eigenvalue weighted by atomic mass is 9.86. The standard InChI is InChI=1S/C34H20O2/c1-2-8-21(9-3-1)33-25-10-4-6-12-27(25)34(28-13-7-5-11-26(28)33)23-14-15-24-29-18-22-16-17-35-30(22)20-32(29)36-31(24)19-23/h1-20H. The lowest BCUT2D eigenvalue weighted by Crippen LogP contribution is -1.90. The zero-order valence-electron chi connectivity index (χ0n) is 19.4. The van der Waals surface area contributed by atoms with E-state index >= 15 is 0 Å². The summed E-state index contributed by atoms with van der Waals surface area (Å²) in [5.74, 6) is 0. The van der Waals surface area contributed by atoms with E-state index in [1.54, 1.807) is 6.26 Å². The van der Waals surface area contributed by atoms with Gasteiger partial charge in [0.25, 0.3) is 0 Å². The second kappa shape index (κ2) is 7.34. The van der Waals surface area contributed by atoms with Crippen LogP contribution in [0.1, 0.15) is 0 Å². The zero-order valence-corrected chi connectivity index (χ0v) is 19.4. The number of hydrogen-bond acceptors (Lipinski definition) is 2. The van der Waals surface area contributed by atoms with Crippen LogP contribution in [-0.2, 0) is 0 Å². The topological polar surface area (TPSA) is 26.3 Å². The summed E-state index contributed by atoms with van der Waals surface area (Å²) in [6.07, 6.45) is 1.72. The van der Waals surface area contributed by atoms with Gasteiger partial charge in [0, 0.05) is 22.2 Å². The summed E-state index contributed by atoms with van der Waals surface area (Å²) in [4.78, 5) is 0. The van der Waals surface area contributed by atoms with Crippen LogP contribution in [0.5, 0.6) is 0 Å². The highest BCUT2D eigenvalue weighted by atomic mass is 16.3. The Labute approximate surface area is 207 Å². The van der Waals surface area contributed by atoms with Gasteiger partial charge in [-0.2, -0.15) is 0 Å². The Bertz CT molecular complexity index is 2030. The second-order valence-electron chi connectivity index (χ2n) is 9.33. The summed E-state index contributed by atoms with van der Waals surface area (Å²) in [6.45, 7) is 0. The first-order valence-electron chi connectivity index (χ1n) is 12.2. The first-order chi connectivity index (χ1) is 17.8. The third-order valence-electron chi connectivity index (χ3n) is 7.33. The van der Waals surface area contributed by atoms with Crippen molar-refractivity contribution in [3.8, 4) is 22.3 Å². The summed E-state index contributed by atoms with van der Waals surface area (Å²) in [6, 6.07) is 40.9. The molecule has 0 aliphatic heterocycles. The predicted molar refractivity (Wildman–Crippen MR) is 149 cm³/mol. The third kappa shape index (κ3) is 2.73. The molecule has 6 aromatic carbocycles. The molecule has 0 aliphatic rings. The SMILES string of the molecule is c1ccc(-c2c3ccccc3c(-c3ccc4c(c3)oc3cc5occc5cc34)c3ccccc23)cc1. The van der Waals surface area contributed by atoms with Crippen LogP contribution >= 0.6 is 0 Å². The summed E-state index contributed by atoms with van der Waals surface area (Å²) < 4.78 is 11.9. The number of furan rings is 2. The largest absolute Gasteiger partial charge is 0.464 e. The van der Waals surface area contributed by atoms with Crippen molar-refractivity contribution in [3.05, 3.63) is 122 Å².